The first-order valence-corrected chi connectivity index (χ1v) is 5.34. The third kappa shape index (κ3) is 1.88. The fourth-order valence-corrected chi connectivity index (χ4v) is 2.02. The lowest BCUT2D eigenvalue weighted by molar-refractivity contribution is -0.0202. The van der Waals surface area contributed by atoms with Gasteiger partial charge in [-0.1, -0.05) is 0 Å². The van der Waals surface area contributed by atoms with Crippen molar-refractivity contribution in [2.75, 3.05) is 12.3 Å². The average Bonchev–Trinajstić information content (AvgIpc) is 2.12. The Bertz CT molecular complexity index is 485. The van der Waals surface area contributed by atoms with Gasteiger partial charge in [-0.2, -0.15) is 0 Å². The summed E-state index contributed by atoms with van der Waals surface area (Å²) in [4.78, 5) is 24.7. The maximum Gasteiger partial charge on any atom is 0.330 e. The van der Waals surface area contributed by atoms with Crippen LogP contribution in [0.4, 0.5) is 5.82 Å². The average molecular weight is 225 g/mol. The summed E-state index contributed by atoms with van der Waals surface area (Å²) in [5.74, 6) is 0.216. The molecule has 1 heterocycles. The lowest BCUT2D eigenvalue weighted by Crippen LogP contribution is -2.41. The molecule has 0 saturated heterocycles. The van der Waals surface area contributed by atoms with Crippen molar-refractivity contribution >= 4 is 5.82 Å². The number of hydrogen-bond acceptors (Lipinski definition) is 4. The van der Waals surface area contributed by atoms with Crippen LogP contribution in [0, 0.1) is 0 Å². The minimum atomic E-state index is -0.459. The Labute approximate surface area is 92.0 Å². The van der Waals surface area contributed by atoms with Crippen molar-refractivity contribution in [3.63, 3.8) is 0 Å². The number of aromatic amines is 1. The molecule has 88 valence electrons. The predicted octanol–water partition coefficient (Wildman–Crippen LogP) is -0.141. The normalized spacial score (nSPS) is 24.1. The van der Waals surface area contributed by atoms with Gasteiger partial charge in [0.2, 0.25) is 0 Å². The monoisotopic (exact) mass is 225 g/mol. The second-order valence-electron chi connectivity index (χ2n) is 3.94. The van der Waals surface area contributed by atoms with Gasteiger partial charge in [-0.3, -0.25) is 14.3 Å². The Morgan fingerprint density at radius 2 is 2.25 bits per heavy atom. The third-order valence-corrected chi connectivity index (χ3v) is 2.84. The highest BCUT2D eigenvalue weighted by Gasteiger charge is 2.32. The van der Waals surface area contributed by atoms with Crippen LogP contribution in [0.3, 0.4) is 0 Å². The highest BCUT2D eigenvalue weighted by Crippen LogP contribution is 2.34. The molecule has 1 aromatic heterocycles. The molecule has 1 saturated carbocycles. The number of rotatable bonds is 3. The number of nitrogens with two attached hydrogens (primary N) is 1. The minimum absolute atomic E-state index is 0.0425. The summed E-state index contributed by atoms with van der Waals surface area (Å²) in [6.07, 6.45) is 1.74. The van der Waals surface area contributed by atoms with Crippen LogP contribution >= 0.6 is 0 Å². The number of aromatic nitrogens is 2. The fourth-order valence-electron chi connectivity index (χ4n) is 2.02. The molecule has 1 fully saturated rings. The van der Waals surface area contributed by atoms with E-state index in [4.69, 9.17) is 10.5 Å². The van der Waals surface area contributed by atoms with Gasteiger partial charge in [-0.15, -0.1) is 0 Å². The van der Waals surface area contributed by atoms with E-state index in [0.29, 0.717) is 6.61 Å². The lowest BCUT2D eigenvalue weighted by Gasteiger charge is -2.36. The van der Waals surface area contributed by atoms with Gasteiger partial charge in [-0.25, -0.2) is 4.79 Å². The topological polar surface area (TPSA) is 90.1 Å². The van der Waals surface area contributed by atoms with E-state index in [1.54, 1.807) is 0 Å². The van der Waals surface area contributed by atoms with E-state index >= 15 is 0 Å². The number of nitrogens with one attached hydrogen (secondary N) is 1. The van der Waals surface area contributed by atoms with Crippen molar-refractivity contribution in [3.05, 3.63) is 26.9 Å². The van der Waals surface area contributed by atoms with Crippen molar-refractivity contribution in [3.8, 4) is 0 Å². The van der Waals surface area contributed by atoms with Gasteiger partial charge < -0.3 is 10.5 Å². The van der Waals surface area contributed by atoms with E-state index in [1.165, 1.54) is 10.6 Å². The number of anilines is 1. The zero-order valence-corrected chi connectivity index (χ0v) is 9.10. The quantitative estimate of drug-likeness (QED) is 0.749. The molecule has 0 atom stereocenters. The van der Waals surface area contributed by atoms with E-state index in [9.17, 15) is 9.59 Å². The predicted molar refractivity (Wildman–Crippen MR) is 59.4 cm³/mol. The van der Waals surface area contributed by atoms with Crippen LogP contribution in [-0.4, -0.2) is 22.3 Å². The molecule has 0 radical (unpaired) electrons. The maximum absolute atomic E-state index is 11.5. The molecule has 0 aromatic carbocycles. The van der Waals surface area contributed by atoms with Crippen molar-refractivity contribution in [2.45, 2.75) is 31.9 Å². The van der Waals surface area contributed by atoms with E-state index in [0.717, 1.165) is 12.8 Å². The molecule has 0 spiro atoms. The zero-order chi connectivity index (χ0) is 11.7. The largest absolute Gasteiger partial charge is 0.385 e. The summed E-state index contributed by atoms with van der Waals surface area (Å²) in [5.41, 5.74) is 4.76. The smallest absolute Gasteiger partial charge is 0.330 e. The fraction of sp³-hybridized carbons (Fsp3) is 0.600. The summed E-state index contributed by atoms with van der Waals surface area (Å²) in [7, 11) is 0. The Morgan fingerprint density at radius 3 is 2.81 bits per heavy atom. The van der Waals surface area contributed by atoms with Crippen molar-refractivity contribution in [2.24, 2.45) is 0 Å². The standard InChI is InChI=1S/C10H15N3O3/c1-2-16-7-3-6(4-7)13-8(11)5-9(14)12-10(13)15/h5-7H,2-4,11H2,1H3,(H,12,14,15). The molecule has 6 heteroatoms. The van der Waals surface area contributed by atoms with Gasteiger partial charge in [0.05, 0.1) is 6.10 Å². The Balaban J connectivity index is 2.18. The lowest BCUT2D eigenvalue weighted by atomic mass is 9.89. The molecule has 0 aliphatic heterocycles. The summed E-state index contributed by atoms with van der Waals surface area (Å²) in [6.45, 7) is 2.61. The first kappa shape index (κ1) is 10.9. The molecule has 0 bridgehead atoms. The van der Waals surface area contributed by atoms with Crippen molar-refractivity contribution < 1.29 is 4.74 Å². The summed E-state index contributed by atoms with van der Waals surface area (Å²) < 4.78 is 6.83. The van der Waals surface area contributed by atoms with Gasteiger partial charge in [-0.05, 0) is 19.8 Å². The Kier molecular flexibility index (Phi) is 2.82. The molecular weight excluding hydrogens is 210 g/mol. The summed E-state index contributed by atoms with van der Waals surface area (Å²) in [6, 6.07) is 1.27. The van der Waals surface area contributed by atoms with Crippen LogP contribution in [0.25, 0.3) is 0 Å². The molecular formula is C10H15N3O3. The number of ether oxygens (including phenoxy) is 1. The third-order valence-electron chi connectivity index (χ3n) is 2.84. The summed E-state index contributed by atoms with van der Waals surface area (Å²) >= 11 is 0. The van der Waals surface area contributed by atoms with Crippen LogP contribution in [0.5, 0.6) is 0 Å². The van der Waals surface area contributed by atoms with Gasteiger partial charge >= 0.3 is 5.69 Å². The van der Waals surface area contributed by atoms with E-state index in [-0.39, 0.29) is 18.0 Å². The van der Waals surface area contributed by atoms with Crippen molar-refractivity contribution in [1.29, 1.82) is 0 Å². The second kappa shape index (κ2) is 4.13. The van der Waals surface area contributed by atoms with E-state index in [1.807, 2.05) is 6.92 Å². The minimum Gasteiger partial charge on any atom is -0.385 e. The Hall–Kier alpha value is -1.56. The highest BCUT2D eigenvalue weighted by molar-refractivity contribution is 5.27. The van der Waals surface area contributed by atoms with Crippen LogP contribution < -0.4 is 17.0 Å². The molecule has 0 amide bonds. The van der Waals surface area contributed by atoms with Crippen LogP contribution in [0.2, 0.25) is 0 Å². The first-order chi connectivity index (χ1) is 7.61. The molecule has 1 aliphatic rings. The molecule has 3 N–H and O–H groups in total. The van der Waals surface area contributed by atoms with Crippen LogP contribution in [0.1, 0.15) is 25.8 Å². The summed E-state index contributed by atoms with van der Waals surface area (Å²) in [5, 5.41) is 0. The molecule has 2 rings (SSSR count). The van der Waals surface area contributed by atoms with E-state index < -0.39 is 11.2 Å². The molecule has 6 nitrogen and oxygen atoms in total. The number of hydrogen-bond donors (Lipinski definition) is 2. The molecule has 1 aliphatic carbocycles. The van der Waals surface area contributed by atoms with Gasteiger partial charge in [0.25, 0.3) is 5.56 Å². The Morgan fingerprint density at radius 1 is 1.56 bits per heavy atom. The van der Waals surface area contributed by atoms with Gasteiger partial charge in [0.15, 0.2) is 0 Å². The van der Waals surface area contributed by atoms with E-state index in [2.05, 4.69) is 4.98 Å². The van der Waals surface area contributed by atoms with Crippen LogP contribution in [0.15, 0.2) is 15.7 Å². The zero-order valence-electron chi connectivity index (χ0n) is 9.10. The highest BCUT2D eigenvalue weighted by atomic mass is 16.5. The maximum atomic E-state index is 11.5. The second-order valence-corrected chi connectivity index (χ2v) is 3.94. The molecule has 16 heavy (non-hydrogen) atoms. The molecule has 0 unspecified atom stereocenters. The number of nitrogen functional groups attached to an aromatic ring is 1. The van der Waals surface area contributed by atoms with Gasteiger partial charge in [0, 0.05) is 18.7 Å². The first-order valence-electron chi connectivity index (χ1n) is 5.34. The number of nitrogens with zero attached hydrogens (tertiary/aromatic N) is 1. The van der Waals surface area contributed by atoms with Crippen LogP contribution in [-0.2, 0) is 4.74 Å². The van der Waals surface area contributed by atoms with Gasteiger partial charge in [0.1, 0.15) is 5.82 Å². The molecule has 1 aromatic rings. The number of H-pyrrole nitrogens is 1. The van der Waals surface area contributed by atoms with Crippen molar-refractivity contribution in [1.82, 2.24) is 9.55 Å². The SMILES string of the molecule is CCOC1CC(n2c(N)cc(=O)[nH]c2=O)C1.